The van der Waals surface area contributed by atoms with Gasteiger partial charge in [-0.15, -0.1) is 0 Å². The zero-order valence-electron chi connectivity index (χ0n) is 36.1. The molecular weight excluding hydrogens is 667 g/mol. The van der Waals surface area contributed by atoms with Gasteiger partial charge < -0.3 is 14.4 Å². The fraction of sp³-hybridized carbons (Fsp3) is 0.857. The predicted molar refractivity (Wildman–Crippen MR) is 230 cm³/mol. The second kappa shape index (κ2) is 37.9. The number of allylic oxidation sites excluding steroid dienone is 1. The average molecular weight is 754 g/mol. The molecule has 0 aliphatic carbocycles. The van der Waals surface area contributed by atoms with Gasteiger partial charge in [-0.2, -0.15) is 0 Å². The van der Waals surface area contributed by atoms with Crippen LogP contribution in [-0.2, 0) is 19.1 Å². The Bertz CT molecular complexity index is 999. The van der Waals surface area contributed by atoms with Crippen molar-refractivity contribution in [2.75, 3.05) is 32.8 Å². The molecule has 0 spiro atoms. The van der Waals surface area contributed by atoms with E-state index in [0.29, 0.717) is 37.9 Å². The molecule has 0 N–H and O–H groups in total. The van der Waals surface area contributed by atoms with Gasteiger partial charge in [-0.3, -0.25) is 9.59 Å². The van der Waals surface area contributed by atoms with E-state index >= 15 is 0 Å². The number of ether oxygens (including phenoxy) is 2. The third-order valence-corrected chi connectivity index (χ3v) is 11.6. The van der Waals surface area contributed by atoms with E-state index in [1.807, 2.05) is 6.08 Å². The topological polar surface area (TPSA) is 55.8 Å². The Kier molecular flexibility index (Phi) is 35.1. The second-order valence-electron chi connectivity index (χ2n) is 16.7. The molecule has 0 saturated carbocycles. The van der Waals surface area contributed by atoms with Crippen LogP contribution < -0.4 is 0 Å². The van der Waals surface area contributed by atoms with Crippen molar-refractivity contribution in [1.82, 2.24) is 4.90 Å². The van der Waals surface area contributed by atoms with E-state index in [4.69, 9.17) is 9.47 Å². The number of carbonyl (C=O) groups excluding carboxylic acids is 2. The summed E-state index contributed by atoms with van der Waals surface area (Å²) in [6, 6.07) is 0. The van der Waals surface area contributed by atoms with E-state index in [0.717, 1.165) is 50.9 Å². The Morgan fingerprint density at radius 2 is 1.09 bits per heavy atom. The molecule has 0 bridgehead atoms. The smallest absolute Gasteiger partial charge is 0.305 e. The lowest BCUT2D eigenvalue weighted by Crippen LogP contribution is -2.22. The van der Waals surface area contributed by atoms with E-state index in [-0.39, 0.29) is 11.9 Å². The van der Waals surface area contributed by atoms with E-state index in [2.05, 4.69) is 49.4 Å². The zero-order valence-corrected chi connectivity index (χ0v) is 36.1. The van der Waals surface area contributed by atoms with Gasteiger partial charge in [0.15, 0.2) is 0 Å². The number of hydrogen-bond acceptors (Lipinski definition) is 5. The molecule has 5 nitrogen and oxygen atoms in total. The minimum Gasteiger partial charge on any atom is -0.466 e. The van der Waals surface area contributed by atoms with Crippen LogP contribution in [0.2, 0.25) is 0 Å². The van der Waals surface area contributed by atoms with Gasteiger partial charge in [-0.1, -0.05) is 167 Å². The van der Waals surface area contributed by atoms with Gasteiger partial charge in [0.25, 0.3) is 0 Å². The Morgan fingerprint density at radius 1 is 0.611 bits per heavy atom. The number of hydrogen-bond donors (Lipinski definition) is 0. The Hall–Kier alpha value is -2.02. The molecule has 1 heterocycles. The lowest BCUT2D eigenvalue weighted by molar-refractivity contribution is -0.145. The molecule has 0 aromatic carbocycles. The molecule has 1 rings (SSSR count). The lowest BCUT2D eigenvalue weighted by Gasteiger charge is -2.21. The standard InChI is InChI=1S/C49H87NO4/c1-5-8-21-30-45(4)38-43-53-48(51)35-26-19-15-11-13-17-24-33-46(37-42-50-40-28-29-41-50)34-25-18-14-12-16-20-27-36-49(52)54-44-39-47(31-22-9-6-2)32-23-10-7-3/h31,45-47H,2,5,7-8,10-21,23-30,32-44H2,1,3-4H3. The third-order valence-electron chi connectivity index (χ3n) is 11.6. The number of carbonyl (C=O) groups is 2. The van der Waals surface area contributed by atoms with E-state index in [1.165, 1.54) is 161 Å². The van der Waals surface area contributed by atoms with Gasteiger partial charge in [0, 0.05) is 12.8 Å². The maximum Gasteiger partial charge on any atom is 0.305 e. The molecule has 0 amide bonds. The van der Waals surface area contributed by atoms with Crippen molar-refractivity contribution < 1.29 is 19.1 Å². The fourth-order valence-corrected chi connectivity index (χ4v) is 7.88. The van der Waals surface area contributed by atoms with Crippen LogP contribution in [0.4, 0.5) is 0 Å². The number of esters is 2. The minimum atomic E-state index is -0.0460. The third kappa shape index (κ3) is 32.2. The first-order valence-electron chi connectivity index (χ1n) is 23.4. The molecule has 1 saturated heterocycles. The summed E-state index contributed by atoms with van der Waals surface area (Å²) >= 11 is 0. The highest BCUT2D eigenvalue weighted by Crippen LogP contribution is 2.24. The average Bonchev–Trinajstić information content (AvgIpc) is 3.69. The molecule has 1 fully saturated rings. The first kappa shape index (κ1) is 50.0. The maximum absolute atomic E-state index is 12.3. The fourth-order valence-electron chi connectivity index (χ4n) is 7.88. The zero-order chi connectivity index (χ0) is 39.2. The van der Waals surface area contributed by atoms with Crippen LogP contribution in [0.1, 0.15) is 220 Å². The van der Waals surface area contributed by atoms with Crippen molar-refractivity contribution >= 4 is 11.9 Å². The van der Waals surface area contributed by atoms with Gasteiger partial charge in [-0.05, 0) is 107 Å². The van der Waals surface area contributed by atoms with Crippen molar-refractivity contribution in [3.63, 3.8) is 0 Å². The first-order valence-corrected chi connectivity index (χ1v) is 23.4. The number of rotatable bonds is 38. The Labute approximate surface area is 335 Å². The van der Waals surface area contributed by atoms with Gasteiger partial charge in [0.1, 0.15) is 0 Å². The van der Waals surface area contributed by atoms with E-state index in [9.17, 15) is 9.59 Å². The summed E-state index contributed by atoms with van der Waals surface area (Å²) in [6.45, 7) is 15.3. The van der Waals surface area contributed by atoms with Gasteiger partial charge in [0.2, 0.25) is 0 Å². The molecule has 3 unspecified atom stereocenters. The molecule has 1 aliphatic heterocycles. The summed E-state index contributed by atoms with van der Waals surface area (Å²) in [5.41, 5.74) is 8.42. The monoisotopic (exact) mass is 754 g/mol. The number of likely N-dealkylation sites (tertiary alicyclic amines) is 1. The van der Waals surface area contributed by atoms with Crippen molar-refractivity contribution in [2.45, 2.75) is 220 Å². The molecule has 54 heavy (non-hydrogen) atoms. The highest BCUT2D eigenvalue weighted by Gasteiger charge is 2.15. The first-order chi connectivity index (χ1) is 26.5. The molecule has 0 aromatic rings. The molecule has 3 atom stereocenters. The largest absolute Gasteiger partial charge is 0.466 e. The quantitative estimate of drug-likeness (QED) is 0.0357. The highest BCUT2D eigenvalue weighted by atomic mass is 16.5. The molecule has 0 aromatic heterocycles. The highest BCUT2D eigenvalue weighted by molar-refractivity contribution is 5.69. The van der Waals surface area contributed by atoms with Crippen LogP contribution in [0.25, 0.3) is 0 Å². The van der Waals surface area contributed by atoms with Crippen LogP contribution in [0.5, 0.6) is 0 Å². The van der Waals surface area contributed by atoms with E-state index in [1.54, 1.807) is 0 Å². The Balaban J connectivity index is 2.10. The van der Waals surface area contributed by atoms with Crippen LogP contribution in [-0.4, -0.2) is 49.7 Å². The summed E-state index contributed by atoms with van der Waals surface area (Å²) in [5.74, 6) is 1.86. The van der Waals surface area contributed by atoms with E-state index < -0.39 is 0 Å². The van der Waals surface area contributed by atoms with Gasteiger partial charge in [0.05, 0.1) is 13.2 Å². The molecule has 5 heteroatoms. The Morgan fingerprint density at radius 3 is 1.63 bits per heavy atom. The van der Waals surface area contributed by atoms with Crippen LogP contribution >= 0.6 is 0 Å². The van der Waals surface area contributed by atoms with Crippen molar-refractivity contribution in [3.05, 3.63) is 29.8 Å². The number of unbranched alkanes of at least 4 members (excludes halogenated alkanes) is 16. The van der Waals surface area contributed by atoms with Crippen LogP contribution in [0.3, 0.4) is 0 Å². The lowest BCUT2D eigenvalue weighted by atomic mass is 9.91. The summed E-state index contributed by atoms with van der Waals surface area (Å²) in [4.78, 5) is 27.1. The van der Waals surface area contributed by atoms with Crippen molar-refractivity contribution in [2.24, 2.45) is 17.8 Å². The SMILES string of the molecule is C=C=C=C=CC(CCCCC)CCOC(=O)CCCCCCCCCC(CCCCCCCCCC(=O)OCCC(C)CCCCC)CCN1CCCC1. The molecule has 0 radical (unpaired) electrons. The minimum absolute atomic E-state index is 0.00301. The second-order valence-corrected chi connectivity index (χ2v) is 16.7. The summed E-state index contributed by atoms with van der Waals surface area (Å²) in [6.07, 6.45) is 39.1. The summed E-state index contributed by atoms with van der Waals surface area (Å²) in [5, 5.41) is 0. The predicted octanol–water partition coefficient (Wildman–Crippen LogP) is 14.0. The van der Waals surface area contributed by atoms with Gasteiger partial charge >= 0.3 is 11.9 Å². The molecule has 312 valence electrons. The summed E-state index contributed by atoms with van der Waals surface area (Å²) in [7, 11) is 0. The number of nitrogens with zero attached hydrogens (tertiary/aromatic N) is 1. The van der Waals surface area contributed by atoms with Crippen LogP contribution in [0, 0.1) is 17.8 Å². The summed E-state index contributed by atoms with van der Waals surface area (Å²) < 4.78 is 11.1. The molecule has 1 aliphatic rings. The molecular formula is C49H87NO4. The van der Waals surface area contributed by atoms with Gasteiger partial charge in [-0.25, -0.2) is 0 Å². The van der Waals surface area contributed by atoms with Crippen molar-refractivity contribution in [3.8, 4) is 0 Å². The van der Waals surface area contributed by atoms with Crippen molar-refractivity contribution in [1.29, 1.82) is 0 Å². The van der Waals surface area contributed by atoms with Crippen LogP contribution in [0.15, 0.2) is 29.8 Å². The maximum atomic E-state index is 12.3. The normalized spacial score (nSPS) is 14.5.